The first-order chi connectivity index (χ1) is 8.79. The van der Waals surface area contributed by atoms with Crippen molar-refractivity contribution in [2.75, 3.05) is 6.61 Å². The Hall–Kier alpha value is -0.380. The van der Waals surface area contributed by atoms with Gasteiger partial charge in [-0.25, -0.2) is 0 Å². The average Bonchev–Trinajstić information content (AvgIpc) is 2.64. The van der Waals surface area contributed by atoms with E-state index in [0.717, 1.165) is 30.3 Å². The molecule has 2 nitrogen and oxygen atoms in total. The van der Waals surface area contributed by atoms with Gasteiger partial charge >= 0.3 is 0 Å². The number of hydrogen-bond acceptors (Lipinski definition) is 2. The molecule has 1 spiro atoms. The Balaban J connectivity index is 1.76. The molecule has 2 unspecified atom stereocenters. The van der Waals surface area contributed by atoms with Gasteiger partial charge < -0.3 is 9.47 Å². The van der Waals surface area contributed by atoms with Crippen molar-refractivity contribution < 1.29 is 9.47 Å². The SMILES string of the molecule is Brc1ccccc1C1CCC2(CCCCCO2)O1. The summed E-state index contributed by atoms with van der Waals surface area (Å²) in [6.07, 6.45) is 6.98. The van der Waals surface area contributed by atoms with Gasteiger partial charge in [0, 0.05) is 17.3 Å². The van der Waals surface area contributed by atoms with Gasteiger partial charge in [-0.05, 0) is 30.9 Å². The lowest BCUT2D eigenvalue weighted by Gasteiger charge is -2.28. The van der Waals surface area contributed by atoms with Gasteiger partial charge in [0.15, 0.2) is 5.79 Å². The molecule has 18 heavy (non-hydrogen) atoms. The molecule has 3 heteroatoms. The highest BCUT2D eigenvalue weighted by Crippen LogP contribution is 2.45. The van der Waals surface area contributed by atoms with Gasteiger partial charge in [0.1, 0.15) is 0 Å². The quantitative estimate of drug-likeness (QED) is 0.755. The Kier molecular flexibility index (Phi) is 3.73. The lowest BCUT2D eigenvalue weighted by molar-refractivity contribution is -0.227. The van der Waals surface area contributed by atoms with E-state index in [0.29, 0.717) is 0 Å². The number of ether oxygens (including phenoxy) is 2. The van der Waals surface area contributed by atoms with Gasteiger partial charge in [0.2, 0.25) is 0 Å². The van der Waals surface area contributed by atoms with E-state index in [4.69, 9.17) is 9.47 Å². The summed E-state index contributed by atoms with van der Waals surface area (Å²) >= 11 is 3.61. The molecule has 0 bridgehead atoms. The summed E-state index contributed by atoms with van der Waals surface area (Å²) in [5.74, 6) is -0.295. The second-order valence-corrected chi connectivity index (χ2v) is 6.09. The number of halogens is 1. The molecule has 3 rings (SSSR count). The highest BCUT2D eigenvalue weighted by atomic mass is 79.9. The van der Waals surface area contributed by atoms with Crippen LogP contribution in [-0.2, 0) is 9.47 Å². The minimum atomic E-state index is -0.295. The van der Waals surface area contributed by atoms with Crippen molar-refractivity contribution in [2.24, 2.45) is 0 Å². The van der Waals surface area contributed by atoms with Crippen LogP contribution in [0.3, 0.4) is 0 Å². The van der Waals surface area contributed by atoms with Crippen LogP contribution in [0.25, 0.3) is 0 Å². The van der Waals surface area contributed by atoms with Gasteiger partial charge in [-0.2, -0.15) is 0 Å². The highest BCUT2D eigenvalue weighted by molar-refractivity contribution is 9.10. The van der Waals surface area contributed by atoms with Crippen LogP contribution in [0, 0.1) is 0 Å². The topological polar surface area (TPSA) is 18.5 Å². The predicted molar refractivity (Wildman–Crippen MR) is 74.4 cm³/mol. The van der Waals surface area contributed by atoms with Crippen LogP contribution in [0.15, 0.2) is 28.7 Å². The minimum absolute atomic E-state index is 0.179. The number of hydrogen-bond donors (Lipinski definition) is 0. The van der Waals surface area contributed by atoms with Crippen LogP contribution < -0.4 is 0 Å². The summed E-state index contributed by atoms with van der Waals surface area (Å²) in [5.41, 5.74) is 1.25. The molecular formula is C15H19BrO2. The molecule has 2 fully saturated rings. The Morgan fingerprint density at radius 3 is 2.89 bits per heavy atom. The fraction of sp³-hybridized carbons (Fsp3) is 0.600. The maximum absolute atomic E-state index is 6.28. The molecule has 0 aromatic heterocycles. The van der Waals surface area contributed by atoms with Gasteiger partial charge in [-0.1, -0.05) is 40.5 Å². The first kappa shape index (κ1) is 12.6. The molecule has 1 aromatic rings. The molecule has 1 aromatic carbocycles. The van der Waals surface area contributed by atoms with E-state index >= 15 is 0 Å². The largest absolute Gasteiger partial charge is 0.350 e. The van der Waals surface area contributed by atoms with Crippen LogP contribution in [-0.4, -0.2) is 12.4 Å². The molecule has 2 aliphatic heterocycles. The average molecular weight is 311 g/mol. The predicted octanol–water partition coefficient (Wildman–Crippen LogP) is 4.59. The summed E-state index contributed by atoms with van der Waals surface area (Å²) in [6, 6.07) is 8.34. The van der Waals surface area contributed by atoms with E-state index in [1.54, 1.807) is 0 Å². The van der Waals surface area contributed by atoms with Crippen LogP contribution >= 0.6 is 15.9 Å². The first-order valence-electron chi connectivity index (χ1n) is 6.85. The van der Waals surface area contributed by atoms with E-state index in [2.05, 4.69) is 34.1 Å². The van der Waals surface area contributed by atoms with Gasteiger partial charge in [-0.15, -0.1) is 0 Å². The van der Waals surface area contributed by atoms with Crippen LogP contribution in [0.4, 0.5) is 0 Å². The van der Waals surface area contributed by atoms with Crippen molar-refractivity contribution in [3.63, 3.8) is 0 Å². The number of benzene rings is 1. The fourth-order valence-corrected chi connectivity index (χ4v) is 3.52. The van der Waals surface area contributed by atoms with Crippen LogP contribution in [0.1, 0.15) is 50.2 Å². The zero-order valence-corrected chi connectivity index (χ0v) is 12.1. The molecule has 0 aliphatic carbocycles. The maximum atomic E-state index is 6.28. The summed E-state index contributed by atoms with van der Waals surface area (Å²) < 4.78 is 13.4. The lowest BCUT2D eigenvalue weighted by Crippen LogP contribution is -2.30. The lowest BCUT2D eigenvalue weighted by atomic mass is 10.0. The van der Waals surface area contributed by atoms with Crippen molar-refractivity contribution in [1.82, 2.24) is 0 Å². The molecule has 2 aliphatic rings. The zero-order chi connectivity index (χ0) is 12.4. The van der Waals surface area contributed by atoms with E-state index in [1.165, 1.54) is 24.8 Å². The molecule has 0 radical (unpaired) electrons. The molecule has 2 atom stereocenters. The van der Waals surface area contributed by atoms with Crippen LogP contribution in [0.2, 0.25) is 0 Å². The van der Waals surface area contributed by atoms with Gasteiger partial charge in [-0.3, -0.25) is 0 Å². The molecule has 2 saturated heterocycles. The molecule has 98 valence electrons. The third-order valence-electron chi connectivity index (χ3n) is 3.96. The van der Waals surface area contributed by atoms with E-state index in [9.17, 15) is 0 Å². The monoisotopic (exact) mass is 310 g/mol. The molecule has 0 N–H and O–H groups in total. The first-order valence-corrected chi connectivity index (χ1v) is 7.65. The minimum Gasteiger partial charge on any atom is -0.350 e. The Morgan fingerprint density at radius 2 is 2.00 bits per heavy atom. The maximum Gasteiger partial charge on any atom is 0.169 e. The smallest absolute Gasteiger partial charge is 0.169 e. The fourth-order valence-electron chi connectivity index (χ4n) is 2.98. The molecule has 0 amide bonds. The third-order valence-corrected chi connectivity index (χ3v) is 4.69. The second kappa shape index (κ2) is 5.32. The Bertz CT molecular complexity index is 411. The zero-order valence-electron chi connectivity index (χ0n) is 10.5. The van der Waals surface area contributed by atoms with Crippen molar-refractivity contribution in [3.8, 4) is 0 Å². The number of rotatable bonds is 1. The Labute approximate surface area is 117 Å². The van der Waals surface area contributed by atoms with Crippen LogP contribution in [0.5, 0.6) is 0 Å². The van der Waals surface area contributed by atoms with Gasteiger partial charge in [0.25, 0.3) is 0 Å². The summed E-state index contributed by atoms with van der Waals surface area (Å²) in [7, 11) is 0. The molecule has 0 saturated carbocycles. The Morgan fingerprint density at radius 1 is 1.11 bits per heavy atom. The second-order valence-electron chi connectivity index (χ2n) is 5.24. The van der Waals surface area contributed by atoms with Crippen molar-refractivity contribution in [3.05, 3.63) is 34.3 Å². The molecular weight excluding hydrogens is 292 g/mol. The van der Waals surface area contributed by atoms with Crippen molar-refractivity contribution in [1.29, 1.82) is 0 Å². The highest BCUT2D eigenvalue weighted by Gasteiger charge is 2.42. The van der Waals surface area contributed by atoms with E-state index in [1.807, 2.05) is 6.07 Å². The normalized spacial score (nSPS) is 32.6. The summed E-state index contributed by atoms with van der Waals surface area (Å²) in [4.78, 5) is 0. The third kappa shape index (κ3) is 2.49. The summed E-state index contributed by atoms with van der Waals surface area (Å²) in [6.45, 7) is 0.850. The van der Waals surface area contributed by atoms with Crippen molar-refractivity contribution in [2.45, 2.75) is 50.4 Å². The van der Waals surface area contributed by atoms with Gasteiger partial charge in [0.05, 0.1) is 12.7 Å². The van der Waals surface area contributed by atoms with E-state index < -0.39 is 0 Å². The molecule has 2 heterocycles. The summed E-state index contributed by atoms with van der Waals surface area (Å²) in [5, 5.41) is 0. The standard InChI is InChI=1S/C15H19BrO2/c16-13-7-3-2-6-12(13)14-8-10-15(18-14)9-4-1-5-11-17-15/h2-3,6-7,14H,1,4-5,8-11H2. The van der Waals surface area contributed by atoms with Crippen molar-refractivity contribution >= 4 is 15.9 Å². The van der Waals surface area contributed by atoms with E-state index in [-0.39, 0.29) is 11.9 Å².